The number of para-hydroxylation sites is 1. The zero-order valence-corrected chi connectivity index (χ0v) is 16.6. The first-order chi connectivity index (χ1) is 14.1. The van der Waals surface area contributed by atoms with Crippen LogP contribution < -0.4 is 10.1 Å². The fraction of sp³-hybridized carbons (Fsp3) is 0.579. The number of amides is 1. The Morgan fingerprint density at radius 3 is 2.41 bits per heavy atom. The highest BCUT2D eigenvalue weighted by molar-refractivity contribution is 5.79. The first-order valence-electron chi connectivity index (χ1n) is 9.41. The Morgan fingerprint density at radius 1 is 1.07 bits per heavy atom. The van der Waals surface area contributed by atoms with E-state index in [1.165, 1.54) is 0 Å². The number of hydrogen-bond acceptors (Lipinski definition) is 7. The maximum atomic E-state index is 12.0. The van der Waals surface area contributed by atoms with Crippen molar-refractivity contribution in [3.63, 3.8) is 0 Å². The predicted octanol–water partition coefficient (Wildman–Crippen LogP) is 2.44. The summed E-state index contributed by atoms with van der Waals surface area (Å²) < 4.78 is 20.9. The van der Waals surface area contributed by atoms with Gasteiger partial charge in [-0.15, -0.1) is 0 Å². The largest absolute Gasteiger partial charge is 0.427 e. The van der Waals surface area contributed by atoms with Crippen molar-refractivity contribution in [3.8, 4) is 5.75 Å². The van der Waals surface area contributed by atoms with Gasteiger partial charge in [0.25, 0.3) is 0 Å². The molecule has 0 radical (unpaired) electrons. The Balaban J connectivity index is 1.97. The molecule has 10 nitrogen and oxygen atoms in total. The highest BCUT2D eigenvalue weighted by Gasteiger charge is 2.15. The molecule has 0 aromatic heterocycles. The second-order valence-corrected chi connectivity index (χ2v) is 6.00. The molecule has 0 aliphatic carbocycles. The Hall–Kier alpha value is -2.65. The molecular formula is C19H28N4O6. The van der Waals surface area contributed by atoms with Gasteiger partial charge in [0, 0.05) is 23.8 Å². The van der Waals surface area contributed by atoms with Gasteiger partial charge in [0.2, 0.25) is 5.91 Å². The predicted molar refractivity (Wildman–Crippen MR) is 105 cm³/mol. The molecule has 1 rings (SSSR count). The lowest BCUT2D eigenvalue weighted by atomic mass is 10.1. The Kier molecular flexibility index (Phi) is 13.7. The summed E-state index contributed by atoms with van der Waals surface area (Å²) in [6.07, 6.45) is 0.545. The van der Waals surface area contributed by atoms with Crippen molar-refractivity contribution in [3.05, 3.63) is 40.8 Å². The Bertz CT molecular complexity index is 637. The fourth-order valence-electron chi connectivity index (χ4n) is 2.09. The van der Waals surface area contributed by atoms with Crippen molar-refractivity contribution in [2.75, 3.05) is 46.3 Å². The normalized spacial score (nSPS) is 11.3. The lowest BCUT2D eigenvalue weighted by Crippen LogP contribution is -2.32. The van der Waals surface area contributed by atoms with E-state index in [2.05, 4.69) is 15.3 Å². The number of rotatable bonds is 16. The molecule has 0 fully saturated rings. The summed E-state index contributed by atoms with van der Waals surface area (Å²) >= 11 is 0. The third-order valence-electron chi connectivity index (χ3n) is 3.70. The van der Waals surface area contributed by atoms with E-state index >= 15 is 0 Å². The standard InChI is InChI=1S/C19H28N4O6/c1-16(7-8-18(24)29-17-5-3-2-4-6-17)19(25)21-15-28-14-13-27-12-11-26-10-9-22-23-20/h2-6,16H,7-15H2,1H3,(H,21,25). The van der Waals surface area contributed by atoms with E-state index in [0.29, 0.717) is 51.7 Å². The minimum atomic E-state index is -0.369. The lowest BCUT2D eigenvalue weighted by molar-refractivity contribution is -0.135. The van der Waals surface area contributed by atoms with E-state index in [1.807, 2.05) is 6.07 Å². The number of esters is 1. The van der Waals surface area contributed by atoms with Crippen molar-refractivity contribution in [1.82, 2.24) is 5.32 Å². The molecule has 10 heteroatoms. The minimum Gasteiger partial charge on any atom is -0.427 e. The molecule has 1 aromatic carbocycles. The van der Waals surface area contributed by atoms with Crippen molar-refractivity contribution >= 4 is 11.9 Å². The molecule has 1 amide bonds. The van der Waals surface area contributed by atoms with E-state index in [9.17, 15) is 9.59 Å². The second kappa shape index (κ2) is 16.3. The number of ether oxygens (including phenoxy) is 4. The summed E-state index contributed by atoms with van der Waals surface area (Å²) in [4.78, 5) is 26.4. The van der Waals surface area contributed by atoms with Gasteiger partial charge in [0.1, 0.15) is 12.5 Å². The zero-order chi connectivity index (χ0) is 21.2. The van der Waals surface area contributed by atoms with Crippen LogP contribution in [0.4, 0.5) is 0 Å². The quantitative estimate of drug-likeness (QED) is 0.0850. The average Bonchev–Trinajstić information content (AvgIpc) is 2.73. The van der Waals surface area contributed by atoms with Gasteiger partial charge in [0.15, 0.2) is 0 Å². The molecule has 1 N–H and O–H groups in total. The van der Waals surface area contributed by atoms with Crippen molar-refractivity contribution in [1.29, 1.82) is 0 Å². The lowest BCUT2D eigenvalue weighted by Gasteiger charge is -2.12. The van der Waals surface area contributed by atoms with Gasteiger partial charge in [-0.2, -0.15) is 0 Å². The van der Waals surface area contributed by atoms with E-state index in [0.717, 1.165) is 0 Å². The number of carbonyl (C=O) groups is 2. The molecule has 0 spiro atoms. The van der Waals surface area contributed by atoms with Gasteiger partial charge >= 0.3 is 5.97 Å². The Morgan fingerprint density at radius 2 is 1.72 bits per heavy atom. The monoisotopic (exact) mass is 408 g/mol. The number of benzene rings is 1. The van der Waals surface area contributed by atoms with Crippen LogP contribution in [0.15, 0.2) is 35.4 Å². The summed E-state index contributed by atoms with van der Waals surface area (Å²) in [6, 6.07) is 8.81. The van der Waals surface area contributed by atoms with Crippen LogP contribution in [0.5, 0.6) is 5.75 Å². The van der Waals surface area contributed by atoms with Crippen molar-refractivity contribution in [2.24, 2.45) is 11.0 Å². The van der Waals surface area contributed by atoms with Gasteiger partial charge in [0.05, 0.1) is 33.0 Å². The van der Waals surface area contributed by atoms with Crippen LogP contribution in [0.3, 0.4) is 0 Å². The number of nitrogens with one attached hydrogen (secondary N) is 1. The second-order valence-electron chi connectivity index (χ2n) is 6.00. The summed E-state index contributed by atoms with van der Waals surface area (Å²) in [5, 5.41) is 5.99. The smallest absolute Gasteiger partial charge is 0.311 e. The number of hydrogen-bond donors (Lipinski definition) is 1. The molecule has 0 aliphatic rings. The SMILES string of the molecule is CC(CCC(=O)Oc1ccccc1)C(=O)NCOCCOCCOCCN=[N+]=[N-]. The van der Waals surface area contributed by atoms with E-state index in [1.54, 1.807) is 31.2 Å². The third kappa shape index (κ3) is 13.2. The molecule has 1 unspecified atom stereocenters. The molecule has 0 saturated carbocycles. The molecular weight excluding hydrogens is 380 g/mol. The van der Waals surface area contributed by atoms with E-state index < -0.39 is 0 Å². The maximum absolute atomic E-state index is 12.0. The van der Waals surface area contributed by atoms with Crippen LogP contribution in [0, 0.1) is 5.92 Å². The summed E-state index contributed by atoms with van der Waals surface area (Å²) in [6.45, 7) is 3.99. The fourth-order valence-corrected chi connectivity index (χ4v) is 2.09. The first-order valence-corrected chi connectivity index (χ1v) is 9.41. The molecule has 1 atom stereocenters. The highest BCUT2D eigenvalue weighted by atomic mass is 16.5. The summed E-state index contributed by atoms with van der Waals surface area (Å²) in [7, 11) is 0. The van der Waals surface area contributed by atoms with Gasteiger partial charge in [-0.3, -0.25) is 9.59 Å². The van der Waals surface area contributed by atoms with Crippen molar-refractivity contribution in [2.45, 2.75) is 19.8 Å². The third-order valence-corrected chi connectivity index (χ3v) is 3.70. The van der Waals surface area contributed by atoms with Crippen LogP contribution in [0.2, 0.25) is 0 Å². The molecule has 1 aromatic rings. The first kappa shape index (κ1) is 24.4. The van der Waals surface area contributed by atoms with Crippen LogP contribution in [0.25, 0.3) is 10.4 Å². The average molecular weight is 408 g/mol. The highest BCUT2D eigenvalue weighted by Crippen LogP contribution is 2.12. The molecule has 0 aliphatic heterocycles. The van der Waals surface area contributed by atoms with Crippen LogP contribution in [-0.4, -0.2) is 58.2 Å². The van der Waals surface area contributed by atoms with E-state index in [4.69, 9.17) is 24.5 Å². The van der Waals surface area contributed by atoms with Gasteiger partial charge in [-0.25, -0.2) is 0 Å². The Labute approximate surface area is 170 Å². The zero-order valence-electron chi connectivity index (χ0n) is 16.6. The molecule has 29 heavy (non-hydrogen) atoms. The van der Waals surface area contributed by atoms with Crippen LogP contribution >= 0.6 is 0 Å². The van der Waals surface area contributed by atoms with Gasteiger partial charge in [-0.05, 0) is 24.1 Å². The number of nitrogens with zero attached hydrogens (tertiary/aromatic N) is 3. The molecule has 0 heterocycles. The van der Waals surface area contributed by atoms with Crippen LogP contribution in [-0.2, 0) is 23.8 Å². The minimum absolute atomic E-state index is 0.0731. The van der Waals surface area contributed by atoms with Gasteiger partial charge in [-0.1, -0.05) is 30.2 Å². The van der Waals surface area contributed by atoms with Crippen molar-refractivity contribution < 1.29 is 28.5 Å². The van der Waals surface area contributed by atoms with Gasteiger partial charge < -0.3 is 24.3 Å². The number of carbonyl (C=O) groups excluding carboxylic acids is 2. The molecule has 0 saturated heterocycles. The summed E-state index contributed by atoms with van der Waals surface area (Å²) in [5.41, 5.74) is 8.09. The topological polar surface area (TPSA) is 132 Å². The summed E-state index contributed by atoms with van der Waals surface area (Å²) in [5.74, 6) is -0.400. The van der Waals surface area contributed by atoms with Crippen LogP contribution in [0.1, 0.15) is 19.8 Å². The van der Waals surface area contributed by atoms with E-state index in [-0.39, 0.29) is 30.9 Å². The number of azide groups is 1. The molecule has 160 valence electrons. The maximum Gasteiger partial charge on any atom is 0.311 e. The molecule has 0 bridgehead atoms.